The van der Waals surface area contributed by atoms with Crippen molar-refractivity contribution in [2.24, 2.45) is 5.73 Å². The van der Waals surface area contributed by atoms with Crippen molar-refractivity contribution < 1.29 is 5.11 Å². The third-order valence-electron chi connectivity index (χ3n) is 2.39. The minimum absolute atomic E-state index is 0.155. The third kappa shape index (κ3) is 2.01. The Labute approximate surface area is 79.4 Å². The van der Waals surface area contributed by atoms with Crippen LogP contribution >= 0.6 is 0 Å². The molecule has 2 nitrogen and oxygen atoms in total. The first-order valence-corrected chi connectivity index (χ1v) is 4.47. The Bertz CT molecular complexity index is 305. The van der Waals surface area contributed by atoms with Crippen LogP contribution in [0.1, 0.15) is 25.0 Å². The highest BCUT2D eigenvalue weighted by Gasteiger charge is 2.21. The molecule has 0 radical (unpaired) electrons. The van der Waals surface area contributed by atoms with Crippen LogP contribution in [-0.2, 0) is 5.41 Å². The van der Waals surface area contributed by atoms with Crippen LogP contribution in [-0.4, -0.2) is 11.7 Å². The first-order chi connectivity index (χ1) is 5.97. The van der Waals surface area contributed by atoms with Crippen LogP contribution in [0.3, 0.4) is 0 Å². The van der Waals surface area contributed by atoms with Gasteiger partial charge in [-0.1, -0.05) is 26.0 Å². The smallest absolute Gasteiger partial charge is 0.119 e. The minimum atomic E-state index is -0.155. The highest BCUT2D eigenvalue weighted by atomic mass is 16.3. The molecule has 0 saturated heterocycles. The fourth-order valence-corrected chi connectivity index (χ4v) is 1.32. The summed E-state index contributed by atoms with van der Waals surface area (Å²) in [5, 5.41) is 9.70. The van der Waals surface area contributed by atoms with Crippen LogP contribution in [0.25, 0.3) is 0 Å². The van der Waals surface area contributed by atoms with Crippen molar-refractivity contribution in [3.63, 3.8) is 0 Å². The Balaban J connectivity index is 3.16. The number of aromatic hydroxyl groups is 1. The van der Waals surface area contributed by atoms with Crippen LogP contribution in [0.4, 0.5) is 0 Å². The molecule has 0 spiro atoms. The van der Waals surface area contributed by atoms with Gasteiger partial charge in [-0.25, -0.2) is 0 Å². The molecule has 0 unspecified atom stereocenters. The molecule has 0 bridgehead atoms. The van der Waals surface area contributed by atoms with Gasteiger partial charge in [0.05, 0.1) is 0 Å². The molecule has 13 heavy (non-hydrogen) atoms. The minimum Gasteiger partial charge on any atom is -0.508 e. The summed E-state index contributed by atoms with van der Waals surface area (Å²) in [6.07, 6.45) is 0. The van der Waals surface area contributed by atoms with Gasteiger partial charge >= 0.3 is 0 Å². The van der Waals surface area contributed by atoms with Gasteiger partial charge in [-0.2, -0.15) is 0 Å². The zero-order chi connectivity index (χ0) is 10.1. The molecule has 1 aromatic rings. The highest BCUT2D eigenvalue weighted by Crippen LogP contribution is 2.30. The highest BCUT2D eigenvalue weighted by molar-refractivity contribution is 5.40. The summed E-state index contributed by atoms with van der Waals surface area (Å²) in [4.78, 5) is 0. The topological polar surface area (TPSA) is 46.2 Å². The summed E-state index contributed by atoms with van der Waals surface area (Å²) in [5.74, 6) is 0.343. The van der Waals surface area contributed by atoms with Crippen LogP contribution in [0.5, 0.6) is 5.75 Å². The monoisotopic (exact) mass is 179 g/mol. The van der Waals surface area contributed by atoms with Crippen LogP contribution in [0, 0.1) is 6.92 Å². The van der Waals surface area contributed by atoms with Gasteiger partial charge in [-0.15, -0.1) is 0 Å². The van der Waals surface area contributed by atoms with E-state index in [1.54, 1.807) is 6.07 Å². The maximum absolute atomic E-state index is 9.70. The van der Waals surface area contributed by atoms with Crippen molar-refractivity contribution >= 4 is 0 Å². The molecule has 1 aromatic carbocycles. The predicted molar refractivity (Wildman–Crippen MR) is 54.9 cm³/mol. The average molecular weight is 179 g/mol. The van der Waals surface area contributed by atoms with E-state index in [1.165, 1.54) is 0 Å². The molecule has 0 aliphatic rings. The summed E-state index contributed by atoms with van der Waals surface area (Å²) in [6.45, 7) is 6.54. The van der Waals surface area contributed by atoms with E-state index < -0.39 is 0 Å². The third-order valence-corrected chi connectivity index (χ3v) is 2.39. The number of nitrogens with two attached hydrogens (primary N) is 1. The van der Waals surface area contributed by atoms with Crippen molar-refractivity contribution in [1.82, 2.24) is 0 Å². The van der Waals surface area contributed by atoms with E-state index in [9.17, 15) is 5.11 Å². The van der Waals surface area contributed by atoms with E-state index in [2.05, 4.69) is 0 Å². The molecule has 0 aliphatic heterocycles. The molecule has 0 aliphatic carbocycles. The van der Waals surface area contributed by atoms with E-state index in [4.69, 9.17) is 5.73 Å². The second kappa shape index (κ2) is 3.38. The fraction of sp³-hybridized carbons (Fsp3) is 0.455. The summed E-state index contributed by atoms with van der Waals surface area (Å²) in [7, 11) is 0. The lowest BCUT2D eigenvalue weighted by Gasteiger charge is -2.24. The van der Waals surface area contributed by atoms with Crippen molar-refractivity contribution in [2.75, 3.05) is 6.54 Å². The van der Waals surface area contributed by atoms with Gasteiger partial charge in [-0.3, -0.25) is 0 Å². The molecule has 0 atom stereocenters. The lowest BCUT2D eigenvalue weighted by Crippen LogP contribution is -2.28. The van der Waals surface area contributed by atoms with Gasteiger partial charge in [-0.05, 0) is 18.6 Å². The molecule has 0 saturated carbocycles. The normalized spacial score (nSPS) is 11.7. The molecule has 0 fully saturated rings. The number of rotatable bonds is 2. The summed E-state index contributed by atoms with van der Waals surface area (Å²) >= 11 is 0. The van der Waals surface area contributed by atoms with Gasteiger partial charge in [0.15, 0.2) is 0 Å². The number of hydrogen-bond acceptors (Lipinski definition) is 2. The van der Waals surface area contributed by atoms with Crippen LogP contribution in [0.2, 0.25) is 0 Å². The molecular formula is C11H17NO. The molecule has 0 amide bonds. The maximum Gasteiger partial charge on any atom is 0.119 e. The lowest BCUT2D eigenvalue weighted by atomic mass is 9.84. The Morgan fingerprint density at radius 2 is 2.00 bits per heavy atom. The Kier molecular flexibility index (Phi) is 2.62. The van der Waals surface area contributed by atoms with E-state index >= 15 is 0 Å². The molecular weight excluding hydrogens is 162 g/mol. The van der Waals surface area contributed by atoms with E-state index in [0.717, 1.165) is 11.1 Å². The quantitative estimate of drug-likeness (QED) is 0.728. The molecule has 0 aromatic heterocycles. The zero-order valence-electron chi connectivity index (χ0n) is 8.46. The second-order valence-corrected chi connectivity index (χ2v) is 4.11. The van der Waals surface area contributed by atoms with Crippen molar-refractivity contribution in [2.45, 2.75) is 26.2 Å². The number of aryl methyl sites for hydroxylation is 1. The second-order valence-electron chi connectivity index (χ2n) is 4.11. The Morgan fingerprint density at radius 3 is 2.46 bits per heavy atom. The standard InChI is InChI=1S/C11H17NO/c1-8-4-5-9(10(13)6-8)11(2,3)7-12/h4-6,13H,7,12H2,1-3H3. The average Bonchev–Trinajstić information content (AvgIpc) is 2.03. The first-order valence-electron chi connectivity index (χ1n) is 4.47. The number of phenols is 1. The van der Waals surface area contributed by atoms with Crippen LogP contribution in [0.15, 0.2) is 18.2 Å². The zero-order valence-corrected chi connectivity index (χ0v) is 8.46. The fourth-order valence-electron chi connectivity index (χ4n) is 1.32. The van der Waals surface area contributed by atoms with Gasteiger partial charge in [0.2, 0.25) is 0 Å². The Morgan fingerprint density at radius 1 is 1.38 bits per heavy atom. The predicted octanol–water partition coefficient (Wildman–Crippen LogP) is 1.94. The summed E-state index contributed by atoms with van der Waals surface area (Å²) in [6, 6.07) is 5.71. The molecule has 0 heterocycles. The molecule has 1 rings (SSSR count). The van der Waals surface area contributed by atoms with Gasteiger partial charge < -0.3 is 10.8 Å². The van der Waals surface area contributed by atoms with Gasteiger partial charge in [0.25, 0.3) is 0 Å². The van der Waals surface area contributed by atoms with Crippen molar-refractivity contribution in [3.05, 3.63) is 29.3 Å². The molecule has 72 valence electrons. The lowest BCUT2D eigenvalue weighted by molar-refractivity contribution is 0.438. The van der Waals surface area contributed by atoms with Crippen molar-refractivity contribution in [3.8, 4) is 5.75 Å². The van der Waals surface area contributed by atoms with E-state index in [1.807, 2.05) is 32.9 Å². The maximum atomic E-state index is 9.70. The van der Waals surface area contributed by atoms with E-state index in [-0.39, 0.29) is 5.41 Å². The number of phenolic OH excluding ortho intramolecular Hbond substituents is 1. The largest absolute Gasteiger partial charge is 0.508 e. The molecule has 2 heteroatoms. The van der Waals surface area contributed by atoms with Gasteiger partial charge in [0, 0.05) is 17.5 Å². The number of hydrogen-bond donors (Lipinski definition) is 2. The Hall–Kier alpha value is -1.02. The summed E-state index contributed by atoms with van der Waals surface area (Å²) < 4.78 is 0. The number of benzene rings is 1. The molecule has 3 N–H and O–H groups in total. The van der Waals surface area contributed by atoms with Gasteiger partial charge in [0.1, 0.15) is 5.75 Å². The summed E-state index contributed by atoms with van der Waals surface area (Å²) in [5.41, 5.74) is 7.46. The van der Waals surface area contributed by atoms with Crippen molar-refractivity contribution in [1.29, 1.82) is 0 Å². The SMILES string of the molecule is Cc1ccc(C(C)(C)CN)c(O)c1. The first kappa shape index (κ1) is 10.1. The van der Waals surface area contributed by atoms with Crippen LogP contribution < -0.4 is 5.73 Å². The van der Waals surface area contributed by atoms with E-state index in [0.29, 0.717) is 12.3 Å².